The van der Waals surface area contributed by atoms with Gasteiger partial charge in [-0.15, -0.1) is 0 Å². The first kappa shape index (κ1) is 19.4. The van der Waals surface area contributed by atoms with Gasteiger partial charge in [0, 0.05) is 0 Å². The summed E-state index contributed by atoms with van der Waals surface area (Å²) in [5.41, 5.74) is 0. The molecule has 9 atom stereocenters. The van der Waals surface area contributed by atoms with Crippen LogP contribution in [0.1, 0.15) is 6.92 Å². The normalized spacial score (nSPS) is 38.1. The summed E-state index contributed by atoms with van der Waals surface area (Å²) in [4.78, 5) is 12.0. The molecule has 1 aliphatic heterocycles. The first-order chi connectivity index (χ1) is 10.1. The van der Waals surface area contributed by atoms with E-state index in [-0.39, 0.29) is 0 Å². The number of aliphatic hydroxyl groups excluding tert-OH is 8. The van der Waals surface area contributed by atoms with Crippen molar-refractivity contribution in [3.63, 3.8) is 0 Å². The Kier molecular flexibility index (Phi) is 6.80. The van der Waals surface area contributed by atoms with Crippen LogP contribution < -0.4 is 0 Å². The molecular formula is C12H22O10. The minimum Gasteiger partial charge on any atom is -0.394 e. The third-order valence-corrected chi connectivity index (χ3v) is 3.68. The van der Waals surface area contributed by atoms with Gasteiger partial charge in [-0.05, 0) is 6.92 Å². The van der Waals surface area contributed by atoms with E-state index in [1.165, 1.54) is 6.92 Å². The summed E-state index contributed by atoms with van der Waals surface area (Å²) in [5, 5.41) is 75.4. The smallest absolute Gasteiger partial charge is 0.195 e. The van der Waals surface area contributed by atoms with Crippen molar-refractivity contribution in [1.29, 1.82) is 0 Å². The predicted molar refractivity (Wildman–Crippen MR) is 68.5 cm³/mol. The number of Topliss-reactive ketones (excluding diaryl/α,β-unsaturated/α-hetero) is 1. The van der Waals surface area contributed by atoms with Crippen molar-refractivity contribution in [3.8, 4) is 0 Å². The quantitative estimate of drug-likeness (QED) is 0.234. The van der Waals surface area contributed by atoms with Crippen molar-refractivity contribution in [2.24, 2.45) is 0 Å². The van der Waals surface area contributed by atoms with E-state index in [9.17, 15) is 40.5 Å². The lowest BCUT2D eigenvalue weighted by Gasteiger charge is -2.39. The third kappa shape index (κ3) is 3.79. The molecular weight excluding hydrogens is 304 g/mol. The largest absolute Gasteiger partial charge is 0.394 e. The number of aliphatic hydroxyl groups is 8. The summed E-state index contributed by atoms with van der Waals surface area (Å²) in [5.74, 6) is -1.25. The van der Waals surface area contributed by atoms with Crippen LogP contribution in [0.15, 0.2) is 0 Å². The van der Waals surface area contributed by atoms with Crippen molar-refractivity contribution in [2.45, 2.75) is 61.9 Å². The Labute approximate surface area is 125 Å². The Morgan fingerprint density at radius 1 is 1.00 bits per heavy atom. The number of carbonyl (C=O) groups excluding carboxylic acids is 1. The molecule has 0 aliphatic carbocycles. The van der Waals surface area contributed by atoms with E-state index in [0.29, 0.717) is 0 Å². The van der Waals surface area contributed by atoms with Gasteiger partial charge in [-0.2, -0.15) is 0 Å². The van der Waals surface area contributed by atoms with Crippen LogP contribution in [0.5, 0.6) is 0 Å². The van der Waals surface area contributed by atoms with Gasteiger partial charge in [-0.3, -0.25) is 4.79 Å². The summed E-state index contributed by atoms with van der Waals surface area (Å²) in [6, 6.07) is 0. The zero-order chi connectivity index (χ0) is 17.2. The predicted octanol–water partition coefficient (Wildman–Crippen LogP) is -5.14. The highest BCUT2D eigenvalue weighted by Gasteiger charge is 2.48. The molecule has 0 radical (unpaired) electrons. The van der Waals surface area contributed by atoms with Crippen molar-refractivity contribution in [2.75, 3.05) is 6.61 Å². The minimum atomic E-state index is -2.24. The number of hydrogen-bond donors (Lipinski definition) is 8. The topological polar surface area (TPSA) is 188 Å². The standard InChI is InChI=1S/C12H22O10/c1-3-5(15)7(17)10(20)12(22-3)11(21)9(19)8(18)6(16)4(14)2-13/h3-10,12-20H,2H2,1H3/t3-,4+,5-,6-,7+,8-,9+,10+,12?/m0/s1. The van der Waals surface area contributed by atoms with Crippen LogP contribution in [-0.4, -0.2) is 108 Å². The summed E-state index contributed by atoms with van der Waals surface area (Å²) >= 11 is 0. The maximum absolute atomic E-state index is 12.0. The van der Waals surface area contributed by atoms with Gasteiger partial charge in [-0.25, -0.2) is 0 Å². The Bertz CT molecular complexity index is 377. The second-order valence-electron chi connectivity index (χ2n) is 5.31. The Balaban J connectivity index is 2.81. The zero-order valence-electron chi connectivity index (χ0n) is 11.8. The van der Waals surface area contributed by atoms with Crippen LogP contribution in [0.4, 0.5) is 0 Å². The zero-order valence-corrected chi connectivity index (χ0v) is 11.8. The van der Waals surface area contributed by atoms with Crippen LogP contribution in [-0.2, 0) is 9.53 Å². The molecule has 130 valence electrons. The summed E-state index contributed by atoms with van der Waals surface area (Å²) < 4.78 is 5.01. The van der Waals surface area contributed by atoms with E-state index in [1.807, 2.05) is 0 Å². The van der Waals surface area contributed by atoms with Gasteiger partial charge in [0.25, 0.3) is 0 Å². The van der Waals surface area contributed by atoms with E-state index >= 15 is 0 Å². The Morgan fingerprint density at radius 2 is 1.55 bits per heavy atom. The molecule has 0 aromatic carbocycles. The van der Waals surface area contributed by atoms with Crippen molar-refractivity contribution < 1.29 is 50.4 Å². The fourth-order valence-corrected chi connectivity index (χ4v) is 2.15. The molecule has 0 aromatic heterocycles. The molecule has 0 aromatic rings. The molecule has 0 amide bonds. The van der Waals surface area contributed by atoms with Gasteiger partial charge in [0.15, 0.2) is 5.78 Å². The van der Waals surface area contributed by atoms with E-state index < -0.39 is 67.3 Å². The van der Waals surface area contributed by atoms with Gasteiger partial charge in [0.2, 0.25) is 0 Å². The average molecular weight is 326 g/mol. The second kappa shape index (κ2) is 7.73. The van der Waals surface area contributed by atoms with E-state index in [4.69, 9.17) is 9.84 Å². The van der Waals surface area contributed by atoms with Crippen molar-refractivity contribution in [1.82, 2.24) is 0 Å². The van der Waals surface area contributed by atoms with Crippen LogP contribution in [0, 0.1) is 0 Å². The maximum atomic E-state index is 12.0. The van der Waals surface area contributed by atoms with Crippen LogP contribution >= 0.6 is 0 Å². The molecule has 0 spiro atoms. The van der Waals surface area contributed by atoms with E-state index in [1.54, 1.807) is 0 Å². The molecule has 1 aliphatic rings. The number of hydrogen-bond acceptors (Lipinski definition) is 10. The lowest BCUT2D eigenvalue weighted by molar-refractivity contribution is -0.221. The number of carbonyl (C=O) groups is 1. The fourth-order valence-electron chi connectivity index (χ4n) is 2.15. The third-order valence-electron chi connectivity index (χ3n) is 3.68. The first-order valence-electron chi connectivity index (χ1n) is 6.70. The molecule has 10 heteroatoms. The summed E-state index contributed by atoms with van der Waals surface area (Å²) in [6.07, 6.45) is -16.0. The SMILES string of the molecule is C[C@@H]1OC(C(=O)[C@H](O)[C@@H](O)[C@@H](O)[C@H](O)CO)[C@H](O)[C@H](O)[C@H]1O. The van der Waals surface area contributed by atoms with Crippen LogP contribution in [0.2, 0.25) is 0 Å². The molecule has 1 heterocycles. The number of ketones is 1. The molecule has 1 rings (SSSR count). The molecule has 10 nitrogen and oxygen atoms in total. The minimum absolute atomic E-state index is 0.913. The van der Waals surface area contributed by atoms with Crippen LogP contribution in [0.25, 0.3) is 0 Å². The lowest BCUT2D eigenvalue weighted by Crippen LogP contribution is -2.62. The molecule has 8 N–H and O–H groups in total. The Morgan fingerprint density at radius 3 is 2.05 bits per heavy atom. The van der Waals surface area contributed by atoms with Gasteiger partial charge in [0.1, 0.15) is 48.8 Å². The maximum Gasteiger partial charge on any atom is 0.195 e. The van der Waals surface area contributed by atoms with Gasteiger partial charge in [0.05, 0.1) is 12.7 Å². The first-order valence-corrected chi connectivity index (χ1v) is 6.70. The second-order valence-corrected chi connectivity index (χ2v) is 5.31. The monoisotopic (exact) mass is 326 g/mol. The van der Waals surface area contributed by atoms with Gasteiger partial charge >= 0.3 is 0 Å². The number of rotatable bonds is 6. The van der Waals surface area contributed by atoms with Gasteiger partial charge in [-0.1, -0.05) is 0 Å². The highest BCUT2D eigenvalue weighted by Crippen LogP contribution is 2.23. The van der Waals surface area contributed by atoms with E-state index in [2.05, 4.69) is 0 Å². The average Bonchev–Trinajstić information content (AvgIpc) is 2.52. The van der Waals surface area contributed by atoms with Gasteiger partial charge < -0.3 is 45.6 Å². The lowest BCUT2D eigenvalue weighted by atomic mass is 9.89. The van der Waals surface area contributed by atoms with E-state index in [0.717, 1.165) is 0 Å². The summed E-state index contributed by atoms with van der Waals surface area (Å²) in [6.45, 7) is 0.414. The highest BCUT2D eigenvalue weighted by atomic mass is 16.5. The summed E-state index contributed by atoms with van der Waals surface area (Å²) in [7, 11) is 0. The molecule has 1 unspecified atom stereocenters. The van der Waals surface area contributed by atoms with Crippen LogP contribution in [0.3, 0.4) is 0 Å². The molecule has 22 heavy (non-hydrogen) atoms. The van der Waals surface area contributed by atoms with Crippen molar-refractivity contribution >= 4 is 5.78 Å². The fraction of sp³-hybridized carbons (Fsp3) is 0.917. The van der Waals surface area contributed by atoms with Crippen molar-refractivity contribution in [3.05, 3.63) is 0 Å². The Hall–Kier alpha value is -0.690. The molecule has 1 saturated heterocycles. The molecule has 0 bridgehead atoms. The number of ether oxygens (including phenoxy) is 1. The molecule has 1 fully saturated rings. The highest BCUT2D eigenvalue weighted by molar-refractivity contribution is 5.88. The molecule has 0 saturated carbocycles.